The Morgan fingerprint density at radius 2 is 1.36 bits per heavy atom. The fraction of sp³-hybridized carbons (Fsp3) is 1.00. The van der Waals surface area contributed by atoms with Crippen LogP contribution in [-0.2, 0) is 8.85 Å². The molecule has 0 spiro atoms. The van der Waals surface area contributed by atoms with Crippen molar-refractivity contribution in [1.82, 2.24) is 0 Å². The third-order valence-electron chi connectivity index (χ3n) is 1.82. The highest BCUT2D eigenvalue weighted by Crippen LogP contribution is 2.41. The van der Waals surface area contributed by atoms with Crippen LogP contribution in [0.4, 0.5) is 22.0 Å². The van der Waals surface area contributed by atoms with Crippen molar-refractivity contribution in [3.63, 3.8) is 0 Å². The minimum atomic E-state index is -5.56. The molecule has 0 aliphatic carbocycles. The van der Waals surface area contributed by atoms with Crippen LogP contribution in [0, 0.1) is 0 Å². The summed E-state index contributed by atoms with van der Waals surface area (Å²) in [4.78, 5) is 0. The summed E-state index contributed by atoms with van der Waals surface area (Å²) in [5, 5.41) is 0. The molecule has 0 rings (SSSR count). The Morgan fingerprint density at radius 3 is 1.57 bits per heavy atom. The molecule has 0 amide bonds. The maximum absolute atomic E-state index is 12.5. The fourth-order valence-corrected chi connectivity index (χ4v) is 2.19. The van der Waals surface area contributed by atoms with Crippen LogP contribution in [0.25, 0.3) is 0 Å². The molecule has 0 atom stereocenters. The van der Waals surface area contributed by atoms with Gasteiger partial charge < -0.3 is 8.85 Å². The summed E-state index contributed by atoms with van der Waals surface area (Å²) in [5.41, 5.74) is 0. The molecule has 0 aromatic carbocycles. The Bertz CT molecular complexity index is 189. The molecule has 0 bridgehead atoms. The second-order valence-electron chi connectivity index (χ2n) is 2.92. The molecule has 0 saturated heterocycles. The van der Waals surface area contributed by atoms with E-state index >= 15 is 0 Å². The average Bonchev–Trinajstić information content (AvgIpc) is 2.01. The number of rotatable bonds is 4. The fourth-order valence-electron chi connectivity index (χ4n) is 0.731. The molecule has 86 valence electrons. The molecule has 0 aromatic rings. The van der Waals surface area contributed by atoms with Gasteiger partial charge >= 0.3 is 20.7 Å². The molecule has 14 heavy (non-hydrogen) atoms. The lowest BCUT2D eigenvalue weighted by atomic mass is 10.4. The summed E-state index contributed by atoms with van der Waals surface area (Å²) in [5.74, 6) is -4.76. The number of hydrogen-bond acceptors (Lipinski definition) is 2. The summed E-state index contributed by atoms with van der Waals surface area (Å²) in [7, 11) is -1.30. The molecule has 0 N–H and O–H groups in total. The maximum atomic E-state index is 12.5. The van der Waals surface area contributed by atoms with Gasteiger partial charge in [-0.05, 0) is 6.55 Å². The van der Waals surface area contributed by atoms with Crippen molar-refractivity contribution < 1.29 is 30.8 Å². The Labute approximate surface area is 79.2 Å². The number of alkyl halides is 5. The Hall–Kier alpha value is -0.213. The summed E-state index contributed by atoms with van der Waals surface area (Å²) >= 11 is 0. The van der Waals surface area contributed by atoms with E-state index in [1.165, 1.54) is 0 Å². The minimum absolute atomic E-state index is 1.06. The van der Waals surface area contributed by atoms with E-state index in [4.69, 9.17) is 0 Å². The van der Waals surface area contributed by atoms with Crippen LogP contribution >= 0.6 is 0 Å². The van der Waals surface area contributed by atoms with Gasteiger partial charge in [-0.15, -0.1) is 0 Å². The quantitative estimate of drug-likeness (QED) is 0.553. The van der Waals surface area contributed by atoms with E-state index < -0.39 is 26.7 Å². The van der Waals surface area contributed by atoms with Crippen molar-refractivity contribution in [1.29, 1.82) is 0 Å². The molecule has 0 heterocycles. The van der Waals surface area contributed by atoms with Crippen LogP contribution in [0.3, 0.4) is 0 Å². The molecule has 0 aliphatic rings. The zero-order valence-corrected chi connectivity index (χ0v) is 8.91. The van der Waals surface area contributed by atoms with E-state index in [9.17, 15) is 22.0 Å². The highest BCUT2D eigenvalue weighted by molar-refractivity contribution is 6.66. The molecule has 0 aliphatic heterocycles. The van der Waals surface area contributed by atoms with E-state index in [0.717, 1.165) is 20.8 Å². The van der Waals surface area contributed by atoms with Crippen molar-refractivity contribution in [2.45, 2.75) is 24.7 Å². The van der Waals surface area contributed by atoms with Gasteiger partial charge in [-0.2, -0.15) is 22.0 Å². The van der Waals surface area contributed by atoms with Gasteiger partial charge in [0.1, 0.15) is 0 Å². The normalized spacial score (nSPS) is 14.6. The van der Waals surface area contributed by atoms with Crippen LogP contribution in [0.2, 0.25) is 12.6 Å². The first-order chi connectivity index (χ1) is 6.08. The molecular formula is C6H11F5O2Si. The van der Waals surface area contributed by atoms with E-state index in [-0.39, 0.29) is 0 Å². The number of halogens is 5. The standard InChI is InChI=1S/C6H11F5O2Si/c1-12-14(3,13-2)4-5(7,8)6(9,10)11/h4H2,1-3H3. The van der Waals surface area contributed by atoms with Gasteiger partial charge in [0.15, 0.2) is 0 Å². The van der Waals surface area contributed by atoms with Crippen LogP contribution < -0.4 is 0 Å². The third kappa shape index (κ3) is 3.17. The topological polar surface area (TPSA) is 18.5 Å². The smallest absolute Gasteiger partial charge is 0.398 e. The zero-order valence-electron chi connectivity index (χ0n) is 7.91. The molecule has 0 saturated carbocycles. The molecule has 0 unspecified atom stereocenters. The van der Waals surface area contributed by atoms with Crippen molar-refractivity contribution in [3.8, 4) is 0 Å². The highest BCUT2D eigenvalue weighted by Gasteiger charge is 2.61. The second kappa shape index (κ2) is 4.11. The molecule has 2 nitrogen and oxygen atoms in total. The van der Waals surface area contributed by atoms with Crippen molar-refractivity contribution in [2.75, 3.05) is 14.2 Å². The number of hydrogen-bond donors (Lipinski definition) is 0. The van der Waals surface area contributed by atoms with Crippen LogP contribution in [0.15, 0.2) is 0 Å². The predicted octanol–water partition coefficient (Wildman–Crippen LogP) is 2.55. The summed E-state index contributed by atoms with van der Waals surface area (Å²) in [6.45, 7) is 1.15. The van der Waals surface area contributed by atoms with Crippen LogP contribution in [0.5, 0.6) is 0 Å². The van der Waals surface area contributed by atoms with E-state index in [0.29, 0.717) is 0 Å². The van der Waals surface area contributed by atoms with E-state index in [2.05, 4.69) is 8.85 Å². The predicted molar refractivity (Wildman–Crippen MR) is 41.4 cm³/mol. The monoisotopic (exact) mass is 238 g/mol. The van der Waals surface area contributed by atoms with Crippen molar-refractivity contribution in [2.24, 2.45) is 0 Å². The summed E-state index contributed by atoms with van der Waals surface area (Å²) in [6.07, 6.45) is -5.56. The van der Waals surface area contributed by atoms with Gasteiger partial charge in [0.2, 0.25) is 0 Å². The van der Waals surface area contributed by atoms with Gasteiger partial charge in [0, 0.05) is 14.2 Å². The maximum Gasteiger partial charge on any atom is 0.453 e. The molecule has 8 heteroatoms. The highest BCUT2D eigenvalue weighted by atomic mass is 28.4. The Kier molecular flexibility index (Phi) is 4.05. The lowest BCUT2D eigenvalue weighted by Crippen LogP contribution is -2.48. The molecule has 0 fully saturated rings. The van der Waals surface area contributed by atoms with Gasteiger partial charge in [0.05, 0.1) is 6.04 Å². The van der Waals surface area contributed by atoms with Crippen molar-refractivity contribution in [3.05, 3.63) is 0 Å². The zero-order chi connectivity index (χ0) is 11.6. The Balaban J connectivity index is 4.65. The largest absolute Gasteiger partial charge is 0.453 e. The van der Waals surface area contributed by atoms with Gasteiger partial charge in [-0.25, -0.2) is 0 Å². The Morgan fingerprint density at radius 1 is 1.00 bits per heavy atom. The van der Waals surface area contributed by atoms with Gasteiger partial charge in [-0.3, -0.25) is 0 Å². The first-order valence-electron chi connectivity index (χ1n) is 3.63. The van der Waals surface area contributed by atoms with E-state index in [1.54, 1.807) is 0 Å². The van der Waals surface area contributed by atoms with E-state index in [1.807, 2.05) is 0 Å². The molecular weight excluding hydrogens is 227 g/mol. The van der Waals surface area contributed by atoms with Gasteiger partial charge in [-0.1, -0.05) is 0 Å². The van der Waals surface area contributed by atoms with Gasteiger partial charge in [0.25, 0.3) is 0 Å². The second-order valence-corrected chi connectivity index (χ2v) is 6.36. The lowest BCUT2D eigenvalue weighted by Gasteiger charge is -2.28. The average molecular weight is 238 g/mol. The first-order valence-corrected chi connectivity index (χ1v) is 6.15. The van der Waals surface area contributed by atoms with Crippen molar-refractivity contribution >= 4 is 8.56 Å². The first kappa shape index (κ1) is 13.8. The van der Waals surface area contributed by atoms with Crippen LogP contribution in [0.1, 0.15) is 0 Å². The lowest BCUT2D eigenvalue weighted by molar-refractivity contribution is -0.275. The minimum Gasteiger partial charge on any atom is -0.398 e. The third-order valence-corrected chi connectivity index (χ3v) is 4.63. The molecule has 0 aromatic heterocycles. The molecule has 0 radical (unpaired) electrons. The van der Waals surface area contributed by atoms with Crippen LogP contribution in [-0.4, -0.2) is 34.9 Å². The summed E-state index contributed by atoms with van der Waals surface area (Å²) in [6, 6.07) is -1.43. The SMILES string of the molecule is CO[Si](C)(CC(F)(F)C(F)(F)F)OC. The summed E-state index contributed by atoms with van der Waals surface area (Å²) < 4.78 is 69.6.